The van der Waals surface area contributed by atoms with Gasteiger partial charge in [-0.15, -0.1) is 0 Å². The predicted octanol–water partition coefficient (Wildman–Crippen LogP) is 3.41. The number of carbonyl (C=O) groups excluding carboxylic acids is 1. The number of hydrogen-bond donors (Lipinski definition) is 1. The lowest BCUT2D eigenvalue weighted by Gasteiger charge is -2.24. The molecule has 2 aromatic rings. The standard InChI is InChI=1S/C19H24N2O3S/c1-14-5-8-17(9-6-14)20-19(22)11-12-21(25(4,23)24)18-10-7-15(2)13-16(18)3/h5-10,13H,11-12H2,1-4H3,(H,20,22). The van der Waals surface area contributed by atoms with Gasteiger partial charge in [-0.3, -0.25) is 9.10 Å². The maximum Gasteiger partial charge on any atom is 0.232 e. The van der Waals surface area contributed by atoms with E-state index in [2.05, 4.69) is 5.32 Å². The molecular formula is C19H24N2O3S. The second-order valence-electron chi connectivity index (χ2n) is 6.29. The van der Waals surface area contributed by atoms with Crippen LogP contribution in [0.2, 0.25) is 0 Å². The second kappa shape index (κ2) is 7.70. The van der Waals surface area contributed by atoms with Gasteiger partial charge in [0.15, 0.2) is 0 Å². The zero-order valence-corrected chi connectivity index (χ0v) is 15.9. The van der Waals surface area contributed by atoms with Crippen LogP contribution in [0.25, 0.3) is 0 Å². The van der Waals surface area contributed by atoms with E-state index >= 15 is 0 Å². The van der Waals surface area contributed by atoms with Crippen molar-refractivity contribution in [1.82, 2.24) is 0 Å². The zero-order chi connectivity index (χ0) is 18.6. The van der Waals surface area contributed by atoms with Crippen LogP contribution in [-0.4, -0.2) is 27.1 Å². The SMILES string of the molecule is Cc1ccc(NC(=O)CCN(c2ccc(C)cc2C)S(C)(=O)=O)cc1. The molecule has 0 aliphatic heterocycles. The highest BCUT2D eigenvalue weighted by molar-refractivity contribution is 7.92. The summed E-state index contributed by atoms with van der Waals surface area (Å²) in [6.45, 7) is 5.89. The van der Waals surface area contributed by atoms with Gasteiger partial charge in [-0.1, -0.05) is 35.4 Å². The lowest BCUT2D eigenvalue weighted by Crippen LogP contribution is -2.33. The highest BCUT2D eigenvalue weighted by atomic mass is 32.2. The number of nitrogens with zero attached hydrogens (tertiary/aromatic N) is 1. The molecule has 6 heteroatoms. The Bertz CT molecular complexity index is 859. The summed E-state index contributed by atoms with van der Waals surface area (Å²) < 4.78 is 25.6. The summed E-state index contributed by atoms with van der Waals surface area (Å²) in [4.78, 5) is 12.2. The molecular weight excluding hydrogens is 336 g/mol. The topological polar surface area (TPSA) is 66.5 Å². The van der Waals surface area contributed by atoms with E-state index in [0.717, 1.165) is 22.9 Å². The summed E-state index contributed by atoms with van der Waals surface area (Å²) in [5.74, 6) is -0.220. The maximum atomic E-state index is 12.2. The first kappa shape index (κ1) is 19.0. The Hall–Kier alpha value is -2.34. The summed E-state index contributed by atoms with van der Waals surface area (Å²) >= 11 is 0. The number of benzene rings is 2. The predicted molar refractivity (Wildman–Crippen MR) is 103 cm³/mol. The molecule has 0 fully saturated rings. The van der Waals surface area contributed by atoms with Crippen LogP contribution in [0.1, 0.15) is 23.1 Å². The highest BCUT2D eigenvalue weighted by Gasteiger charge is 2.20. The fourth-order valence-electron chi connectivity index (χ4n) is 2.61. The lowest BCUT2D eigenvalue weighted by molar-refractivity contribution is -0.116. The van der Waals surface area contributed by atoms with Crippen molar-refractivity contribution in [3.05, 3.63) is 59.2 Å². The van der Waals surface area contributed by atoms with E-state index in [1.807, 2.05) is 57.2 Å². The van der Waals surface area contributed by atoms with Gasteiger partial charge in [0.2, 0.25) is 15.9 Å². The van der Waals surface area contributed by atoms with Gasteiger partial charge in [-0.2, -0.15) is 0 Å². The molecule has 0 saturated carbocycles. The molecule has 0 radical (unpaired) electrons. The molecule has 1 amide bonds. The van der Waals surface area contributed by atoms with Crippen LogP contribution >= 0.6 is 0 Å². The molecule has 0 aliphatic rings. The van der Waals surface area contributed by atoms with Crippen molar-refractivity contribution in [1.29, 1.82) is 0 Å². The average Bonchev–Trinajstić information content (AvgIpc) is 2.50. The van der Waals surface area contributed by atoms with Crippen LogP contribution in [0, 0.1) is 20.8 Å². The zero-order valence-electron chi connectivity index (χ0n) is 15.0. The van der Waals surface area contributed by atoms with Gasteiger partial charge in [0.1, 0.15) is 0 Å². The summed E-state index contributed by atoms with van der Waals surface area (Å²) in [6, 6.07) is 13.1. The van der Waals surface area contributed by atoms with Crippen LogP contribution in [-0.2, 0) is 14.8 Å². The summed E-state index contributed by atoms with van der Waals surface area (Å²) in [7, 11) is -3.47. The minimum absolute atomic E-state index is 0.0776. The van der Waals surface area contributed by atoms with Crippen molar-refractivity contribution in [3.8, 4) is 0 Å². The monoisotopic (exact) mass is 360 g/mol. The molecule has 0 atom stereocenters. The minimum atomic E-state index is -3.47. The molecule has 25 heavy (non-hydrogen) atoms. The molecule has 0 heterocycles. The van der Waals surface area contributed by atoms with Gasteiger partial charge in [-0.05, 0) is 44.5 Å². The first-order valence-corrected chi connectivity index (χ1v) is 9.93. The van der Waals surface area contributed by atoms with Crippen LogP contribution in [0.15, 0.2) is 42.5 Å². The Labute approximate surface area is 149 Å². The fraction of sp³-hybridized carbons (Fsp3) is 0.316. The molecule has 0 aromatic heterocycles. The Morgan fingerprint density at radius 2 is 1.60 bits per heavy atom. The van der Waals surface area contributed by atoms with Gasteiger partial charge in [-0.25, -0.2) is 8.42 Å². The number of anilines is 2. The van der Waals surface area contributed by atoms with Crippen LogP contribution in [0.5, 0.6) is 0 Å². The van der Waals surface area contributed by atoms with E-state index in [0.29, 0.717) is 11.4 Å². The molecule has 0 spiro atoms. The quantitative estimate of drug-likeness (QED) is 0.858. The fourth-order valence-corrected chi connectivity index (χ4v) is 3.60. The normalized spacial score (nSPS) is 11.2. The number of aryl methyl sites for hydroxylation is 3. The van der Waals surface area contributed by atoms with Crippen molar-refractivity contribution in [2.75, 3.05) is 22.4 Å². The first-order chi connectivity index (χ1) is 11.7. The van der Waals surface area contributed by atoms with Crippen molar-refractivity contribution >= 4 is 27.3 Å². The average molecular weight is 360 g/mol. The second-order valence-corrected chi connectivity index (χ2v) is 8.20. The van der Waals surface area contributed by atoms with Gasteiger partial charge in [0.05, 0.1) is 11.9 Å². The summed E-state index contributed by atoms with van der Waals surface area (Å²) in [6.07, 6.45) is 1.23. The molecule has 0 bridgehead atoms. The molecule has 134 valence electrons. The Morgan fingerprint density at radius 1 is 1.00 bits per heavy atom. The maximum absolute atomic E-state index is 12.2. The molecule has 0 unspecified atom stereocenters. The van der Waals surface area contributed by atoms with E-state index in [4.69, 9.17) is 0 Å². The van der Waals surface area contributed by atoms with Crippen LogP contribution in [0.4, 0.5) is 11.4 Å². The van der Waals surface area contributed by atoms with Crippen molar-refractivity contribution in [2.45, 2.75) is 27.2 Å². The third-order valence-corrected chi connectivity index (χ3v) is 5.08. The van der Waals surface area contributed by atoms with E-state index in [9.17, 15) is 13.2 Å². The van der Waals surface area contributed by atoms with Gasteiger partial charge >= 0.3 is 0 Å². The van der Waals surface area contributed by atoms with E-state index in [1.165, 1.54) is 4.31 Å². The smallest absolute Gasteiger partial charge is 0.232 e. The molecule has 2 aromatic carbocycles. The van der Waals surface area contributed by atoms with Crippen molar-refractivity contribution < 1.29 is 13.2 Å². The van der Waals surface area contributed by atoms with Crippen molar-refractivity contribution in [3.63, 3.8) is 0 Å². The summed E-state index contributed by atoms with van der Waals surface area (Å²) in [5.41, 5.74) is 4.34. The first-order valence-electron chi connectivity index (χ1n) is 8.08. The number of carbonyl (C=O) groups is 1. The molecule has 5 nitrogen and oxygen atoms in total. The van der Waals surface area contributed by atoms with Crippen molar-refractivity contribution in [2.24, 2.45) is 0 Å². The van der Waals surface area contributed by atoms with Gasteiger partial charge in [0.25, 0.3) is 0 Å². The van der Waals surface area contributed by atoms with E-state index < -0.39 is 10.0 Å². The third-order valence-electron chi connectivity index (χ3n) is 3.90. The minimum Gasteiger partial charge on any atom is -0.326 e. The van der Waals surface area contributed by atoms with Gasteiger partial charge < -0.3 is 5.32 Å². The summed E-state index contributed by atoms with van der Waals surface area (Å²) in [5, 5.41) is 2.79. The molecule has 0 saturated heterocycles. The van der Waals surface area contributed by atoms with Gasteiger partial charge in [0, 0.05) is 18.7 Å². The van der Waals surface area contributed by atoms with E-state index in [1.54, 1.807) is 6.07 Å². The number of rotatable bonds is 6. The molecule has 2 rings (SSSR count). The Morgan fingerprint density at radius 3 is 2.16 bits per heavy atom. The number of nitrogens with one attached hydrogen (secondary N) is 1. The number of hydrogen-bond acceptors (Lipinski definition) is 3. The third kappa shape index (κ3) is 5.32. The molecule has 0 aliphatic carbocycles. The van der Waals surface area contributed by atoms with Crippen LogP contribution < -0.4 is 9.62 Å². The Balaban J connectivity index is 2.10. The molecule has 1 N–H and O–H groups in total. The lowest BCUT2D eigenvalue weighted by atomic mass is 10.1. The Kier molecular flexibility index (Phi) is 5.85. The highest BCUT2D eigenvalue weighted by Crippen LogP contribution is 2.24. The van der Waals surface area contributed by atoms with Crippen LogP contribution in [0.3, 0.4) is 0 Å². The number of sulfonamides is 1. The largest absolute Gasteiger partial charge is 0.326 e. The van der Waals surface area contributed by atoms with E-state index in [-0.39, 0.29) is 18.9 Å². The number of amides is 1.